The zero-order chi connectivity index (χ0) is 22.8. The second kappa shape index (κ2) is 8.46. The summed E-state index contributed by atoms with van der Waals surface area (Å²) in [6.45, 7) is 0. The van der Waals surface area contributed by atoms with Crippen molar-refractivity contribution in [1.82, 2.24) is 10.3 Å². The van der Waals surface area contributed by atoms with Crippen molar-refractivity contribution in [2.45, 2.75) is 17.1 Å². The summed E-state index contributed by atoms with van der Waals surface area (Å²) in [5.74, 6) is -1.52. The quantitative estimate of drug-likeness (QED) is 0.590. The molecule has 0 saturated carbocycles. The number of sulfone groups is 1. The summed E-state index contributed by atoms with van der Waals surface area (Å²) in [6.07, 6.45) is -2.29. The molecule has 1 N–H and O–H groups in total. The van der Waals surface area contributed by atoms with Gasteiger partial charge in [-0.05, 0) is 48.0 Å². The first kappa shape index (κ1) is 22.4. The van der Waals surface area contributed by atoms with E-state index in [4.69, 9.17) is 0 Å². The Bertz CT molecular complexity index is 1210. The molecule has 0 bridgehead atoms. The Morgan fingerprint density at radius 1 is 1.03 bits per heavy atom. The van der Waals surface area contributed by atoms with Crippen LogP contribution >= 0.6 is 0 Å². The Balaban J connectivity index is 2.00. The Hall–Kier alpha value is -3.27. The van der Waals surface area contributed by atoms with Gasteiger partial charge in [0.1, 0.15) is 11.5 Å². The van der Waals surface area contributed by atoms with E-state index in [1.807, 2.05) is 0 Å². The third kappa shape index (κ3) is 5.26. The second-order valence-corrected chi connectivity index (χ2v) is 8.71. The van der Waals surface area contributed by atoms with Crippen LogP contribution in [0.1, 0.15) is 33.2 Å². The lowest BCUT2D eigenvalue weighted by Crippen LogP contribution is -2.30. The molecule has 1 atom stereocenters. The number of hydrogen-bond acceptors (Lipinski definition) is 4. The van der Waals surface area contributed by atoms with Crippen LogP contribution in [0, 0.1) is 5.82 Å². The van der Waals surface area contributed by atoms with Gasteiger partial charge in [0.2, 0.25) is 0 Å². The average Bonchev–Trinajstić information content (AvgIpc) is 2.71. The van der Waals surface area contributed by atoms with Crippen LogP contribution in [-0.2, 0) is 16.0 Å². The third-order valence-corrected chi connectivity index (χ3v) is 5.54. The fourth-order valence-corrected chi connectivity index (χ4v) is 3.53. The summed E-state index contributed by atoms with van der Waals surface area (Å²) in [7, 11) is -3.58. The number of aromatic nitrogens is 1. The normalized spacial score (nSPS) is 12.9. The highest BCUT2D eigenvalue weighted by atomic mass is 32.2. The van der Waals surface area contributed by atoms with Crippen molar-refractivity contribution in [2.75, 3.05) is 6.26 Å². The number of rotatable bonds is 5. The first-order valence-corrected chi connectivity index (χ1v) is 10.7. The maximum atomic E-state index is 14.4. The van der Waals surface area contributed by atoms with Gasteiger partial charge in [-0.1, -0.05) is 18.2 Å². The van der Waals surface area contributed by atoms with Crippen molar-refractivity contribution in [3.05, 3.63) is 95.1 Å². The van der Waals surface area contributed by atoms with Gasteiger partial charge in [0, 0.05) is 18.0 Å². The molecule has 0 unspecified atom stereocenters. The number of alkyl halides is 3. The highest BCUT2D eigenvalue weighted by molar-refractivity contribution is 7.90. The summed E-state index contributed by atoms with van der Waals surface area (Å²) in [5.41, 5.74) is -0.951. The molecule has 0 fully saturated rings. The molecule has 0 aliphatic heterocycles. The number of amides is 1. The number of benzene rings is 2. The van der Waals surface area contributed by atoms with E-state index in [9.17, 15) is 30.8 Å². The number of nitrogens with zero attached hydrogens (tertiary/aromatic N) is 1. The van der Waals surface area contributed by atoms with Gasteiger partial charge in [-0.2, -0.15) is 13.2 Å². The fraction of sp³-hybridized carbons (Fsp3) is 0.143. The molecule has 0 spiro atoms. The Morgan fingerprint density at radius 2 is 1.71 bits per heavy atom. The van der Waals surface area contributed by atoms with E-state index in [2.05, 4.69) is 10.3 Å². The van der Waals surface area contributed by atoms with Crippen molar-refractivity contribution in [2.24, 2.45) is 0 Å². The van der Waals surface area contributed by atoms with Gasteiger partial charge in [-0.3, -0.25) is 9.78 Å². The molecule has 1 amide bonds. The minimum Gasteiger partial charge on any atom is -0.339 e. The Kier molecular flexibility index (Phi) is 6.12. The summed E-state index contributed by atoms with van der Waals surface area (Å²) in [5, 5.41) is 2.53. The molecule has 3 aromatic rings. The lowest BCUT2D eigenvalue weighted by Gasteiger charge is -2.20. The monoisotopic (exact) mass is 452 g/mol. The minimum atomic E-state index is -4.56. The minimum absolute atomic E-state index is 0.0174. The number of pyridine rings is 1. The molecule has 31 heavy (non-hydrogen) atoms. The molecule has 0 saturated heterocycles. The molecule has 162 valence electrons. The van der Waals surface area contributed by atoms with Crippen molar-refractivity contribution in [3.8, 4) is 0 Å². The van der Waals surface area contributed by atoms with Crippen molar-refractivity contribution >= 4 is 15.7 Å². The number of halogens is 4. The number of nitrogens with one attached hydrogen (secondary N) is 1. The summed E-state index contributed by atoms with van der Waals surface area (Å²) in [6, 6.07) is 10.3. The number of carbonyl (C=O) groups excluding carboxylic acids is 1. The highest BCUT2D eigenvalue weighted by Gasteiger charge is 2.31. The van der Waals surface area contributed by atoms with Gasteiger partial charge in [0.25, 0.3) is 5.91 Å². The SMILES string of the molecule is CS(=O)(=O)c1cccc(C(=O)N[C@@H](c2ccc(C(F)(F)F)cc2)c2ncccc2F)c1. The molecule has 0 radical (unpaired) electrons. The summed E-state index contributed by atoms with van der Waals surface area (Å²) < 4.78 is 76.5. The predicted molar refractivity (Wildman–Crippen MR) is 105 cm³/mol. The average molecular weight is 452 g/mol. The van der Waals surface area contributed by atoms with E-state index < -0.39 is 39.3 Å². The molecule has 3 rings (SSSR count). The van der Waals surface area contributed by atoms with Crippen LogP contribution in [0.25, 0.3) is 0 Å². The maximum Gasteiger partial charge on any atom is 0.416 e. The van der Waals surface area contributed by atoms with E-state index >= 15 is 0 Å². The Morgan fingerprint density at radius 3 is 2.29 bits per heavy atom. The van der Waals surface area contributed by atoms with Crippen LogP contribution in [0.15, 0.2) is 71.8 Å². The lowest BCUT2D eigenvalue weighted by atomic mass is 10.00. The molecule has 0 aliphatic rings. The zero-order valence-corrected chi connectivity index (χ0v) is 16.8. The smallest absolute Gasteiger partial charge is 0.339 e. The van der Waals surface area contributed by atoms with Gasteiger partial charge in [-0.25, -0.2) is 12.8 Å². The van der Waals surface area contributed by atoms with Crippen LogP contribution in [0.3, 0.4) is 0 Å². The van der Waals surface area contributed by atoms with Gasteiger partial charge in [0.15, 0.2) is 9.84 Å². The van der Waals surface area contributed by atoms with Gasteiger partial charge in [0.05, 0.1) is 16.5 Å². The van der Waals surface area contributed by atoms with Gasteiger partial charge in [-0.15, -0.1) is 0 Å². The zero-order valence-electron chi connectivity index (χ0n) is 16.0. The van der Waals surface area contributed by atoms with E-state index in [1.165, 1.54) is 30.5 Å². The van der Waals surface area contributed by atoms with Crippen molar-refractivity contribution in [1.29, 1.82) is 0 Å². The summed E-state index contributed by atoms with van der Waals surface area (Å²) in [4.78, 5) is 16.6. The second-order valence-electron chi connectivity index (χ2n) is 6.70. The van der Waals surface area contributed by atoms with Crippen LogP contribution < -0.4 is 5.32 Å². The lowest BCUT2D eigenvalue weighted by molar-refractivity contribution is -0.137. The number of hydrogen-bond donors (Lipinski definition) is 1. The molecule has 0 aliphatic carbocycles. The van der Waals surface area contributed by atoms with Crippen LogP contribution in [0.4, 0.5) is 17.6 Å². The highest BCUT2D eigenvalue weighted by Crippen LogP contribution is 2.31. The third-order valence-electron chi connectivity index (χ3n) is 4.43. The topological polar surface area (TPSA) is 76.1 Å². The van der Waals surface area contributed by atoms with E-state index in [0.29, 0.717) is 0 Å². The van der Waals surface area contributed by atoms with Crippen LogP contribution in [0.2, 0.25) is 0 Å². The maximum absolute atomic E-state index is 14.4. The van der Waals surface area contributed by atoms with Gasteiger partial charge >= 0.3 is 6.18 Å². The summed E-state index contributed by atoms with van der Waals surface area (Å²) >= 11 is 0. The predicted octanol–water partition coefficient (Wildman–Crippen LogP) is 4.16. The molecular formula is C21H16F4N2O3S. The molecule has 1 heterocycles. The largest absolute Gasteiger partial charge is 0.416 e. The molecular weight excluding hydrogens is 436 g/mol. The van der Waals surface area contributed by atoms with Crippen molar-refractivity contribution in [3.63, 3.8) is 0 Å². The van der Waals surface area contributed by atoms with Crippen LogP contribution in [-0.4, -0.2) is 25.6 Å². The van der Waals surface area contributed by atoms with Crippen molar-refractivity contribution < 1.29 is 30.8 Å². The van der Waals surface area contributed by atoms with E-state index in [1.54, 1.807) is 0 Å². The molecule has 10 heteroatoms. The van der Waals surface area contributed by atoms with E-state index in [0.717, 1.165) is 42.7 Å². The first-order chi connectivity index (χ1) is 14.5. The standard InChI is InChI=1S/C21H16F4N2O3S/c1-31(29,30)16-5-2-4-14(12-16)20(28)27-18(19-17(22)6-3-11-26-19)13-7-9-15(10-8-13)21(23,24)25/h2-12,18H,1H3,(H,27,28)/t18-/m0/s1. The van der Waals surface area contributed by atoms with Gasteiger partial charge < -0.3 is 5.32 Å². The van der Waals surface area contributed by atoms with E-state index in [-0.39, 0.29) is 21.7 Å². The molecule has 5 nitrogen and oxygen atoms in total. The molecule has 2 aromatic carbocycles. The molecule has 1 aromatic heterocycles. The first-order valence-electron chi connectivity index (χ1n) is 8.85. The van der Waals surface area contributed by atoms with Crippen LogP contribution in [0.5, 0.6) is 0 Å². The fourth-order valence-electron chi connectivity index (χ4n) is 2.87. The Labute approximate surface area is 175 Å². The number of carbonyl (C=O) groups is 1.